The molecule has 6 unspecified atom stereocenters. The van der Waals surface area contributed by atoms with E-state index >= 15 is 0 Å². The molecular formula is C49H69ClF6IN3O7. The first-order chi connectivity index (χ1) is 31.0. The number of phenolic OH excluding ortho intramolecular Hbond substituents is 1. The molecule has 67 heavy (non-hydrogen) atoms. The topological polar surface area (TPSA) is 141 Å². The monoisotopic (exact) mass is 1090 g/mol. The largest absolute Gasteiger partial charge is 0.508 e. The van der Waals surface area contributed by atoms with Crippen molar-refractivity contribution in [1.29, 1.82) is 0 Å². The number of nitrogens with two attached hydrogens (primary N) is 1. The fourth-order valence-corrected chi connectivity index (χ4v) is 6.84. The first-order valence-electron chi connectivity index (χ1n) is 22.6. The molecule has 3 aromatic carbocycles. The quantitative estimate of drug-likeness (QED) is 0.0670. The van der Waals surface area contributed by atoms with Gasteiger partial charge in [0.05, 0.1) is 13.2 Å². The van der Waals surface area contributed by atoms with Gasteiger partial charge in [-0.15, -0.1) is 12.4 Å². The molecule has 3 aromatic rings. The SMILES string of the molecule is CC(C)(C)OC(=O)NCC1CC1c1cc(F)c(F)cc1O.CCCI.CCCOc1cc(F)c(F)cc1C1CC1CN.CCCOc1cc(F)c(F)cc1C1CC1CNC(=O)OC(C)(C)C.Cl. The molecule has 6 atom stereocenters. The Balaban J connectivity index is 0.000000333. The summed E-state index contributed by atoms with van der Waals surface area (Å²) in [5.41, 5.74) is 6.26. The van der Waals surface area contributed by atoms with E-state index in [1.54, 1.807) is 41.5 Å². The van der Waals surface area contributed by atoms with Gasteiger partial charge < -0.3 is 40.4 Å². The van der Waals surface area contributed by atoms with Crippen LogP contribution >= 0.6 is 35.0 Å². The zero-order valence-electron chi connectivity index (χ0n) is 39.9. The molecule has 3 saturated carbocycles. The highest BCUT2D eigenvalue weighted by molar-refractivity contribution is 14.1. The van der Waals surface area contributed by atoms with Crippen LogP contribution in [0.25, 0.3) is 0 Å². The van der Waals surface area contributed by atoms with E-state index in [0.717, 1.165) is 55.5 Å². The van der Waals surface area contributed by atoms with Gasteiger partial charge in [0.15, 0.2) is 34.9 Å². The number of halogens is 8. The van der Waals surface area contributed by atoms with Crippen LogP contribution in [-0.4, -0.2) is 65.8 Å². The highest BCUT2D eigenvalue weighted by Gasteiger charge is 2.42. The number of rotatable bonds is 15. The molecule has 3 fully saturated rings. The van der Waals surface area contributed by atoms with Gasteiger partial charge in [-0.05, 0) is 145 Å². The van der Waals surface area contributed by atoms with Gasteiger partial charge in [-0.25, -0.2) is 35.9 Å². The van der Waals surface area contributed by atoms with Crippen LogP contribution in [0.3, 0.4) is 0 Å². The number of carbonyl (C=O) groups excluding carboxylic acids is 2. The van der Waals surface area contributed by atoms with Crippen LogP contribution in [-0.2, 0) is 9.47 Å². The van der Waals surface area contributed by atoms with E-state index in [9.17, 15) is 41.0 Å². The Kier molecular flexibility index (Phi) is 24.2. The number of benzene rings is 3. The fraction of sp³-hybridized carbons (Fsp3) is 0.592. The summed E-state index contributed by atoms with van der Waals surface area (Å²) >= 11 is 2.35. The molecule has 10 nitrogen and oxygen atoms in total. The summed E-state index contributed by atoms with van der Waals surface area (Å²) in [6.07, 6.45) is 4.38. The molecule has 0 radical (unpaired) electrons. The minimum absolute atomic E-state index is 0. The lowest BCUT2D eigenvalue weighted by Crippen LogP contribution is -2.33. The average molecular weight is 1090 g/mol. The summed E-state index contributed by atoms with van der Waals surface area (Å²) < 4.78 is 102. The maximum Gasteiger partial charge on any atom is 0.407 e. The predicted octanol–water partition coefficient (Wildman–Crippen LogP) is 12.7. The molecule has 0 aromatic heterocycles. The number of phenols is 1. The summed E-state index contributed by atoms with van der Waals surface area (Å²) in [6, 6.07) is 6.51. The Morgan fingerprint density at radius 2 is 0.940 bits per heavy atom. The van der Waals surface area contributed by atoms with Crippen LogP contribution in [0.2, 0.25) is 0 Å². The Labute approximate surface area is 411 Å². The van der Waals surface area contributed by atoms with Crippen molar-refractivity contribution in [3.8, 4) is 17.2 Å². The zero-order valence-corrected chi connectivity index (χ0v) is 42.9. The molecule has 2 amide bonds. The van der Waals surface area contributed by atoms with Gasteiger partial charge in [-0.2, -0.15) is 0 Å². The number of hydrogen-bond acceptors (Lipinski definition) is 8. The van der Waals surface area contributed by atoms with E-state index in [4.69, 9.17) is 24.7 Å². The van der Waals surface area contributed by atoms with Crippen molar-refractivity contribution < 1.29 is 60.0 Å². The van der Waals surface area contributed by atoms with Crippen molar-refractivity contribution in [2.45, 2.75) is 130 Å². The van der Waals surface area contributed by atoms with Gasteiger partial charge in [0, 0.05) is 48.0 Å². The highest BCUT2D eigenvalue weighted by Crippen LogP contribution is 2.52. The average Bonchev–Trinajstić information content (AvgIpc) is 4.14. The number of ether oxygens (including phenoxy) is 4. The number of carbonyl (C=O) groups is 2. The molecule has 5 N–H and O–H groups in total. The molecule has 3 aliphatic rings. The van der Waals surface area contributed by atoms with Gasteiger partial charge in [0.2, 0.25) is 0 Å². The Bertz CT molecular complexity index is 2060. The summed E-state index contributed by atoms with van der Waals surface area (Å²) in [7, 11) is 0. The summed E-state index contributed by atoms with van der Waals surface area (Å²) in [6.45, 7) is 19.1. The van der Waals surface area contributed by atoms with E-state index in [-0.39, 0.29) is 47.7 Å². The first-order valence-corrected chi connectivity index (χ1v) is 24.1. The van der Waals surface area contributed by atoms with E-state index in [1.807, 2.05) is 13.8 Å². The van der Waals surface area contributed by atoms with Crippen molar-refractivity contribution in [3.63, 3.8) is 0 Å². The van der Waals surface area contributed by atoms with Crippen molar-refractivity contribution >= 4 is 47.2 Å². The van der Waals surface area contributed by atoms with Crippen LogP contribution < -0.4 is 25.8 Å². The number of hydrogen-bond donors (Lipinski definition) is 4. The van der Waals surface area contributed by atoms with Crippen LogP contribution in [0.5, 0.6) is 17.2 Å². The van der Waals surface area contributed by atoms with Crippen molar-refractivity contribution in [2.24, 2.45) is 23.5 Å². The third-order valence-corrected chi connectivity index (χ3v) is 11.5. The molecular weight excluding hydrogens is 1020 g/mol. The van der Waals surface area contributed by atoms with Crippen molar-refractivity contribution in [2.75, 3.05) is 37.3 Å². The molecule has 0 bridgehead atoms. The van der Waals surface area contributed by atoms with Gasteiger partial charge in [0.25, 0.3) is 0 Å². The minimum Gasteiger partial charge on any atom is -0.508 e. The summed E-state index contributed by atoms with van der Waals surface area (Å²) in [4.78, 5) is 23.2. The van der Waals surface area contributed by atoms with Gasteiger partial charge in [0.1, 0.15) is 28.5 Å². The molecule has 0 heterocycles. The smallest absolute Gasteiger partial charge is 0.407 e. The number of amides is 2. The van der Waals surface area contributed by atoms with Crippen LogP contribution in [0.4, 0.5) is 35.9 Å². The maximum absolute atomic E-state index is 13.6. The Hall–Kier alpha value is -3.84. The van der Waals surface area contributed by atoms with Gasteiger partial charge >= 0.3 is 12.2 Å². The standard InChI is InChI=1S/C18H25F2NO3.C15H19F2NO3.C13H17F2NO.C3H7I.ClH/c1-5-6-23-16-9-15(20)14(19)8-13(16)12-7-11(12)10-21-17(22)24-18(2,3)4;1-15(2,3)21-14(20)18-7-8-4-9(8)10-5-11(16)12(17)6-13(10)19;1-2-3-17-13-6-12(15)11(14)5-10(13)9-4-8(9)7-16;1-2-3-4;/h8-9,11-12H,5-7,10H2,1-4H3,(H,21,22);5-6,8-9,19H,4,7H2,1-3H3,(H,18,20);5-6,8-9H,2-4,7,16H2,1H3;2-3H2,1H3;1H. The van der Waals surface area contributed by atoms with Crippen LogP contribution in [0.1, 0.15) is 135 Å². The zero-order chi connectivity index (χ0) is 49.5. The van der Waals surface area contributed by atoms with Crippen LogP contribution in [0, 0.1) is 52.7 Å². The minimum atomic E-state index is -1.07. The molecule has 6 rings (SSSR count). The fourth-order valence-electron chi connectivity index (χ4n) is 6.84. The van der Waals surface area contributed by atoms with Crippen LogP contribution in [0.15, 0.2) is 36.4 Å². The number of alkyl carbamates (subject to hydrolysis) is 2. The number of alkyl halides is 1. The predicted molar refractivity (Wildman–Crippen MR) is 259 cm³/mol. The van der Waals surface area contributed by atoms with Gasteiger partial charge in [-0.1, -0.05) is 43.4 Å². The number of nitrogens with one attached hydrogen (secondary N) is 2. The van der Waals surface area contributed by atoms with Crippen molar-refractivity contribution in [1.82, 2.24) is 10.6 Å². The lowest BCUT2D eigenvalue weighted by atomic mass is 10.1. The van der Waals surface area contributed by atoms with E-state index in [1.165, 1.54) is 23.0 Å². The van der Waals surface area contributed by atoms with E-state index in [0.29, 0.717) is 67.8 Å². The summed E-state index contributed by atoms with van der Waals surface area (Å²) in [5.74, 6) is -4.05. The lowest BCUT2D eigenvalue weighted by Gasteiger charge is -2.19. The molecule has 0 aliphatic heterocycles. The third kappa shape index (κ3) is 20.3. The molecule has 18 heteroatoms. The second-order valence-corrected chi connectivity index (χ2v) is 19.7. The molecule has 0 saturated heterocycles. The van der Waals surface area contributed by atoms with Gasteiger partial charge in [-0.3, -0.25) is 0 Å². The Morgan fingerprint density at radius 1 is 0.612 bits per heavy atom. The highest BCUT2D eigenvalue weighted by atomic mass is 127. The molecule has 0 spiro atoms. The maximum atomic E-state index is 13.6. The number of aromatic hydroxyl groups is 1. The van der Waals surface area contributed by atoms with E-state index in [2.05, 4.69) is 40.1 Å². The summed E-state index contributed by atoms with van der Waals surface area (Å²) in [5, 5.41) is 15.0. The van der Waals surface area contributed by atoms with E-state index < -0.39 is 58.3 Å². The Morgan fingerprint density at radius 3 is 1.28 bits per heavy atom. The first kappa shape index (κ1) is 59.3. The van der Waals surface area contributed by atoms with Crippen molar-refractivity contribution in [3.05, 3.63) is 88.0 Å². The molecule has 378 valence electrons. The normalized spacial score (nSPS) is 19.8. The third-order valence-electron chi connectivity index (χ3n) is 10.4. The second-order valence-electron chi connectivity index (χ2n) is 18.6. The lowest BCUT2D eigenvalue weighted by molar-refractivity contribution is 0.0513. The molecule has 3 aliphatic carbocycles. The second kappa shape index (κ2) is 27.4.